The molecule has 1 saturated heterocycles. The number of rotatable bonds is 5. The van der Waals surface area contributed by atoms with Crippen LogP contribution in [0.25, 0.3) is 0 Å². The summed E-state index contributed by atoms with van der Waals surface area (Å²) in [6.45, 7) is 5.06. The molecular weight excluding hydrogens is 366 g/mol. The number of thiophene rings is 1. The molecule has 27 heavy (non-hydrogen) atoms. The largest absolute Gasteiger partial charge is 0.388 e. The zero-order valence-corrected chi connectivity index (χ0v) is 16.7. The van der Waals surface area contributed by atoms with Crippen LogP contribution in [0.4, 0.5) is 4.79 Å². The Morgan fingerprint density at radius 2 is 1.96 bits per heavy atom. The second kappa shape index (κ2) is 7.98. The van der Waals surface area contributed by atoms with Gasteiger partial charge in [0.15, 0.2) is 0 Å². The number of likely N-dealkylation sites (N-methyl/N-ethyl adjacent to an activating group) is 1. The molecule has 2 N–H and O–H groups in total. The Morgan fingerprint density at radius 3 is 2.56 bits per heavy atom. The van der Waals surface area contributed by atoms with E-state index in [1.165, 1.54) is 4.90 Å². The first kappa shape index (κ1) is 19.8. The molecule has 1 saturated carbocycles. The summed E-state index contributed by atoms with van der Waals surface area (Å²) in [7, 11) is 0. The SMILES string of the molecule is CCN1CCN(C(=O)NCC2(c3ccc([C@@H](C)O)s3)CCCC2)C(=O)C1=O. The number of piperazine rings is 1. The van der Waals surface area contributed by atoms with Gasteiger partial charge in [0.2, 0.25) is 0 Å². The van der Waals surface area contributed by atoms with Gasteiger partial charge in [0, 0.05) is 41.3 Å². The van der Waals surface area contributed by atoms with Crippen molar-refractivity contribution in [2.45, 2.75) is 51.0 Å². The van der Waals surface area contributed by atoms with Gasteiger partial charge < -0.3 is 15.3 Å². The van der Waals surface area contributed by atoms with Crippen LogP contribution in [0.5, 0.6) is 0 Å². The predicted octanol–water partition coefficient (Wildman–Crippen LogP) is 2.01. The third-order valence-corrected chi connectivity index (χ3v) is 7.14. The first-order valence-corrected chi connectivity index (χ1v) is 10.4. The van der Waals surface area contributed by atoms with Crippen LogP contribution >= 0.6 is 11.3 Å². The zero-order chi connectivity index (χ0) is 19.6. The molecule has 8 heteroatoms. The molecule has 1 aliphatic carbocycles. The van der Waals surface area contributed by atoms with Crippen molar-refractivity contribution in [1.82, 2.24) is 15.1 Å². The van der Waals surface area contributed by atoms with Crippen LogP contribution in [0.1, 0.15) is 55.4 Å². The molecule has 2 fully saturated rings. The Kier molecular flexibility index (Phi) is 5.86. The first-order chi connectivity index (χ1) is 12.9. The summed E-state index contributed by atoms with van der Waals surface area (Å²) >= 11 is 1.59. The van der Waals surface area contributed by atoms with Crippen molar-refractivity contribution in [2.75, 3.05) is 26.2 Å². The molecular formula is C19H27N3O4S. The van der Waals surface area contributed by atoms with E-state index in [0.717, 1.165) is 40.3 Å². The van der Waals surface area contributed by atoms with E-state index in [2.05, 4.69) is 5.32 Å². The van der Waals surface area contributed by atoms with Crippen molar-refractivity contribution < 1.29 is 19.5 Å². The molecule has 2 aliphatic rings. The second-order valence-electron chi connectivity index (χ2n) is 7.37. The average molecular weight is 394 g/mol. The molecule has 7 nitrogen and oxygen atoms in total. The quantitative estimate of drug-likeness (QED) is 0.749. The van der Waals surface area contributed by atoms with Gasteiger partial charge in [-0.05, 0) is 38.8 Å². The van der Waals surface area contributed by atoms with Crippen molar-refractivity contribution in [2.24, 2.45) is 0 Å². The summed E-state index contributed by atoms with van der Waals surface area (Å²) in [6.07, 6.45) is 3.59. The maximum atomic E-state index is 12.6. The number of imide groups is 1. The van der Waals surface area contributed by atoms with Crippen molar-refractivity contribution >= 4 is 29.2 Å². The van der Waals surface area contributed by atoms with E-state index in [-0.39, 0.29) is 12.0 Å². The number of carbonyl (C=O) groups is 3. The monoisotopic (exact) mass is 393 g/mol. The second-order valence-corrected chi connectivity index (χ2v) is 8.48. The van der Waals surface area contributed by atoms with Crippen LogP contribution in [0.3, 0.4) is 0 Å². The van der Waals surface area contributed by atoms with Crippen LogP contribution < -0.4 is 5.32 Å². The third kappa shape index (κ3) is 3.87. The Morgan fingerprint density at radius 1 is 1.26 bits per heavy atom. The molecule has 148 valence electrons. The number of urea groups is 1. The maximum absolute atomic E-state index is 12.6. The highest BCUT2D eigenvalue weighted by atomic mass is 32.1. The molecule has 0 radical (unpaired) electrons. The fraction of sp³-hybridized carbons (Fsp3) is 0.632. The van der Waals surface area contributed by atoms with Gasteiger partial charge in [0.05, 0.1) is 6.10 Å². The Hall–Kier alpha value is -1.93. The lowest BCUT2D eigenvalue weighted by Gasteiger charge is -2.33. The summed E-state index contributed by atoms with van der Waals surface area (Å²) in [5, 5.41) is 12.7. The first-order valence-electron chi connectivity index (χ1n) is 9.55. The van der Waals surface area contributed by atoms with Gasteiger partial charge in [-0.3, -0.25) is 14.5 Å². The van der Waals surface area contributed by atoms with Crippen LogP contribution in [-0.4, -0.2) is 58.9 Å². The van der Waals surface area contributed by atoms with Gasteiger partial charge in [-0.15, -0.1) is 11.3 Å². The number of aliphatic hydroxyl groups is 1. The van der Waals surface area contributed by atoms with E-state index in [9.17, 15) is 19.5 Å². The summed E-state index contributed by atoms with van der Waals surface area (Å²) < 4.78 is 0. The average Bonchev–Trinajstić information content (AvgIpc) is 3.32. The highest BCUT2D eigenvalue weighted by molar-refractivity contribution is 7.12. The van der Waals surface area contributed by atoms with E-state index < -0.39 is 23.9 Å². The fourth-order valence-corrected chi connectivity index (χ4v) is 5.12. The predicted molar refractivity (Wildman–Crippen MR) is 102 cm³/mol. The van der Waals surface area contributed by atoms with Gasteiger partial charge in [-0.2, -0.15) is 0 Å². The lowest BCUT2D eigenvalue weighted by Crippen LogP contribution is -2.58. The lowest BCUT2D eigenvalue weighted by atomic mass is 9.84. The standard InChI is InChI=1S/C19H27N3O4S/c1-3-21-10-11-22(17(25)16(21)24)18(26)20-12-19(8-4-5-9-19)15-7-6-14(27-15)13(2)23/h6-7,13,23H,3-5,8-12H2,1-2H3,(H,20,26)/t13-/m1/s1. The summed E-state index contributed by atoms with van der Waals surface area (Å²) in [4.78, 5) is 41.4. The number of hydrogen-bond acceptors (Lipinski definition) is 5. The van der Waals surface area contributed by atoms with Gasteiger partial charge in [-0.1, -0.05) is 12.8 Å². The summed E-state index contributed by atoms with van der Waals surface area (Å²) in [5.74, 6) is -1.37. The van der Waals surface area contributed by atoms with Crippen LogP contribution in [0, 0.1) is 0 Å². The Labute approximate surface area is 163 Å². The normalized spacial score (nSPS) is 20.9. The van der Waals surface area contributed by atoms with Gasteiger partial charge in [0.1, 0.15) is 0 Å². The van der Waals surface area contributed by atoms with E-state index in [4.69, 9.17) is 0 Å². The minimum absolute atomic E-state index is 0.161. The molecule has 2 heterocycles. The third-order valence-electron chi connectivity index (χ3n) is 5.64. The molecule has 1 atom stereocenters. The number of nitrogens with one attached hydrogen (secondary N) is 1. The fourth-order valence-electron chi connectivity index (χ4n) is 3.93. The van der Waals surface area contributed by atoms with Gasteiger partial charge in [0.25, 0.3) is 0 Å². The minimum atomic E-state index is -0.756. The van der Waals surface area contributed by atoms with Gasteiger partial charge in [-0.25, -0.2) is 4.79 Å². The molecule has 0 spiro atoms. The van der Waals surface area contributed by atoms with E-state index in [1.807, 2.05) is 19.1 Å². The van der Waals surface area contributed by atoms with Crippen molar-refractivity contribution in [3.8, 4) is 0 Å². The van der Waals surface area contributed by atoms with Crippen LogP contribution in [0.15, 0.2) is 12.1 Å². The number of aliphatic hydroxyl groups excluding tert-OH is 1. The van der Waals surface area contributed by atoms with Crippen molar-refractivity contribution in [1.29, 1.82) is 0 Å². The summed E-state index contributed by atoms with van der Waals surface area (Å²) in [6, 6.07) is 3.49. The molecule has 1 aromatic rings. The lowest BCUT2D eigenvalue weighted by molar-refractivity contribution is -0.153. The maximum Gasteiger partial charge on any atom is 0.324 e. The van der Waals surface area contributed by atoms with Crippen molar-refractivity contribution in [3.63, 3.8) is 0 Å². The van der Waals surface area contributed by atoms with Crippen LogP contribution in [0.2, 0.25) is 0 Å². The van der Waals surface area contributed by atoms with Crippen LogP contribution in [-0.2, 0) is 15.0 Å². The van der Waals surface area contributed by atoms with E-state index in [0.29, 0.717) is 19.6 Å². The minimum Gasteiger partial charge on any atom is -0.388 e. The Balaban J connectivity index is 1.68. The molecule has 3 rings (SSSR count). The molecule has 4 amide bonds. The topological polar surface area (TPSA) is 89.9 Å². The Bertz CT molecular complexity index is 724. The molecule has 1 aliphatic heterocycles. The van der Waals surface area contributed by atoms with E-state index >= 15 is 0 Å². The number of carbonyl (C=O) groups excluding carboxylic acids is 3. The molecule has 0 bridgehead atoms. The van der Waals surface area contributed by atoms with E-state index in [1.54, 1.807) is 18.3 Å². The zero-order valence-electron chi connectivity index (χ0n) is 15.9. The summed E-state index contributed by atoms with van der Waals surface area (Å²) in [5.41, 5.74) is -0.161. The molecule has 0 unspecified atom stereocenters. The van der Waals surface area contributed by atoms with Crippen molar-refractivity contribution in [3.05, 3.63) is 21.9 Å². The smallest absolute Gasteiger partial charge is 0.324 e. The number of hydrogen-bond donors (Lipinski definition) is 2. The number of nitrogens with zero attached hydrogens (tertiary/aromatic N) is 2. The highest BCUT2D eigenvalue weighted by Crippen LogP contribution is 2.44. The van der Waals surface area contributed by atoms with Gasteiger partial charge >= 0.3 is 17.8 Å². The molecule has 1 aromatic heterocycles. The number of amides is 4. The highest BCUT2D eigenvalue weighted by Gasteiger charge is 2.40. The molecule has 0 aromatic carbocycles.